The van der Waals surface area contributed by atoms with Crippen molar-refractivity contribution in [2.24, 2.45) is 5.92 Å². The van der Waals surface area contributed by atoms with E-state index in [1.807, 2.05) is 44.4 Å². The minimum Gasteiger partial charge on any atom is -0.356 e. The molecule has 3 aromatic rings. The molecule has 0 unspecified atom stereocenters. The number of nitrogens with zero attached hydrogens (tertiary/aromatic N) is 4. The molecule has 31 heavy (non-hydrogen) atoms. The van der Waals surface area contributed by atoms with Crippen LogP contribution >= 0.6 is 0 Å². The van der Waals surface area contributed by atoms with Gasteiger partial charge in [0.1, 0.15) is 5.82 Å². The highest BCUT2D eigenvalue weighted by Crippen LogP contribution is 2.38. The molecule has 0 atom stereocenters. The number of rotatable bonds is 7. The van der Waals surface area contributed by atoms with Crippen LogP contribution < -0.4 is 5.32 Å². The number of carbonyl (C=O) groups is 1. The Morgan fingerprint density at radius 3 is 2.74 bits per heavy atom. The van der Waals surface area contributed by atoms with Crippen LogP contribution in [-0.2, 0) is 11.2 Å². The Balaban J connectivity index is 1.29. The van der Waals surface area contributed by atoms with Crippen molar-refractivity contribution in [3.63, 3.8) is 0 Å². The Bertz CT molecular complexity index is 1010. The van der Waals surface area contributed by atoms with Gasteiger partial charge >= 0.3 is 0 Å². The fourth-order valence-electron chi connectivity index (χ4n) is 4.27. The molecule has 4 rings (SSSR count). The molecule has 1 fully saturated rings. The molecule has 1 aliphatic rings. The van der Waals surface area contributed by atoms with E-state index in [2.05, 4.69) is 20.4 Å². The molecule has 1 saturated carbocycles. The summed E-state index contributed by atoms with van der Waals surface area (Å²) in [7, 11) is 0. The second-order valence-electron chi connectivity index (χ2n) is 8.43. The maximum absolute atomic E-state index is 12.2. The zero-order chi connectivity index (χ0) is 21.6. The molecule has 162 valence electrons. The highest BCUT2D eigenvalue weighted by atomic mass is 16.5. The Morgan fingerprint density at radius 1 is 1.19 bits per heavy atom. The van der Waals surface area contributed by atoms with E-state index in [0.717, 1.165) is 72.7 Å². The highest BCUT2D eigenvalue weighted by molar-refractivity contribution is 5.76. The minimum atomic E-state index is 0.111. The lowest BCUT2D eigenvalue weighted by Crippen LogP contribution is -2.31. The van der Waals surface area contributed by atoms with Crippen molar-refractivity contribution in [3.05, 3.63) is 59.6 Å². The van der Waals surface area contributed by atoms with E-state index in [9.17, 15) is 4.79 Å². The van der Waals surface area contributed by atoms with Crippen LogP contribution in [0.15, 0.2) is 41.3 Å². The van der Waals surface area contributed by atoms with Gasteiger partial charge in [0.2, 0.25) is 5.91 Å². The van der Waals surface area contributed by atoms with E-state index in [1.165, 1.54) is 0 Å². The van der Waals surface area contributed by atoms with Crippen LogP contribution in [-0.4, -0.2) is 32.6 Å². The quantitative estimate of drug-likeness (QED) is 0.618. The third-order valence-corrected chi connectivity index (χ3v) is 6.02. The zero-order valence-electron chi connectivity index (χ0n) is 18.2. The van der Waals surface area contributed by atoms with Crippen LogP contribution in [0, 0.1) is 19.8 Å². The van der Waals surface area contributed by atoms with E-state index in [1.54, 1.807) is 6.20 Å². The maximum atomic E-state index is 12.2. The van der Waals surface area contributed by atoms with Gasteiger partial charge in [-0.25, -0.2) is 9.97 Å². The standard InChI is InChI=1S/C24H29N5O2/c1-16-12-22(31-29-16)21-15-26-17(2)28-24(21)20-8-5-19(6-9-20)14-27-23(30)10-7-18-4-3-11-25-13-18/h3-4,11-13,15,19-20H,5-10,14H2,1-2H3,(H,27,30). The molecular weight excluding hydrogens is 390 g/mol. The fourth-order valence-corrected chi connectivity index (χ4v) is 4.27. The second-order valence-corrected chi connectivity index (χ2v) is 8.43. The Hall–Kier alpha value is -3.09. The summed E-state index contributed by atoms with van der Waals surface area (Å²) in [5.41, 5.74) is 3.95. The summed E-state index contributed by atoms with van der Waals surface area (Å²) < 4.78 is 5.48. The zero-order valence-corrected chi connectivity index (χ0v) is 18.2. The maximum Gasteiger partial charge on any atom is 0.220 e. The van der Waals surface area contributed by atoms with Crippen LogP contribution in [0.4, 0.5) is 0 Å². The van der Waals surface area contributed by atoms with Gasteiger partial charge in [0.15, 0.2) is 5.76 Å². The molecule has 1 amide bonds. The number of hydrogen-bond acceptors (Lipinski definition) is 6. The first kappa shape index (κ1) is 21.2. The van der Waals surface area contributed by atoms with Gasteiger partial charge in [-0.05, 0) is 63.5 Å². The van der Waals surface area contributed by atoms with Crippen LogP contribution in [0.2, 0.25) is 0 Å². The largest absolute Gasteiger partial charge is 0.356 e. The van der Waals surface area contributed by atoms with Crippen molar-refractivity contribution in [3.8, 4) is 11.3 Å². The van der Waals surface area contributed by atoms with E-state index < -0.39 is 0 Å². The lowest BCUT2D eigenvalue weighted by atomic mass is 9.79. The lowest BCUT2D eigenvalue weighted by molar-refractivity contribution is -0.121. The van der Waals surface area contributed by atoms with Crippen molar-refractivity contribution in [2.45, 2.75) is 58.3 Å². The molecule has 1 aliphatic carbocycles. The fraction of sp³-hybridized carbons (Fsp3) is 0.458. The van der Waals surface area contributed by atoms with Crippen LogP contribution in [0.1, 0.15) is 60.8 Å². The summed E-state index contributed by atoms with van der Waals surface area (Å²) in [5, 5.41) is 7.13. The highest BCUT2D eigenvalue weighted by Gasteiger charge is 2.27. The van der Waals surface area contributed by atoms with Gasteiger partial charge in [-0.1, -0.05) is 11.2 Å². The molecule has 0 radical (unpaired) electrons. The Labute approximate surface area is 182 Å². The number of carbonyl (C=O) groups excluding carboxylic acids is 1. The van der Waals surface area contributed by atoms with E-state index in [-0.39, 0.29) is 5.91 Å². The molecule has 3 aromatic heterocycles. The summed E-state index contributed by atoms with van der Waals surface area (Å²) in [6, 6.07) is 5.84. The molecule has 7 heteroatoms. The van der Waals surface area contributed by atoms with Gasteiger partial charge < -0.3 is 9.84 Å². The summed E-state index contributed by atoms with van der Waals surface area (Å²) in [6.07, 6.45) is 10.9. The molecule has 0 spiro atoms. The molecule has 7 nitrogen and oxygen atoms in total. The van der Waals surface area contributed by atoms with Gasteiger partial charge in [0, 0.05) is 43.5 Å². The molecule has 0 bridgehead atoms. The number of pyridine rings is 1. The average molecular weight is 420 g/mol. The number of amides is 1. The van der Waals surface area contributed by atoms with Crippen molar-refractivity contribution in [2.75, 3.05) is 6.54 Å². The predicted molar refractivity (Wildman–Crippen MR) is 117 cm³/mol. The monoisotopic (exact) mass is 419 g/mol. The summed E-state index contributed by atoms with van der Waals surface area (Å²) in [6.45, 7) is 4.58. The number of hydrogen-bond donors (Lipinski definition) is 1. The molecule has 0 aliphatic heterocycles. The molecule has 1 N–H and O–H groups in total. The van der Waals surface area contributed by atoms with Gasteiger partial charge in [-0.2, -0.15) is 0 Å². The smallest absolute Gasteiger partial charge is 0.220 e. The first-order chi connectivity index (χ1) is 15.1. The minimum absolute atomic E-state index is 0.111. The van der Waals surface area contributed by atoms with Crippen molar-refractivity contribution in [1.82, 2.24) is 25.4 Å². The Morgan fingerprint density at radius 2 is 2.03 bits per heavy atom. The Kier molecular flexibility index (Phi) is 6.70. The summed E-state index contributed by atoms with van der Waals surface area (Å²) >= 11 is 0. The predicted octanol–water partition coefficient (Wildman–Crippen LogP) is 4.17. The second kappa shape index (κ2) is 9.81. The number of aryl methyl sites for hydroxylation is 3. The van der Waals surface area contributed by atoms with E-state index in [4.69, 9.17) is 9.51 Å². The van der Waals surface area contributed by atoms with Crippen molar-refractivity contribution < 1.29 is 9.32 Å². The van der Waals surface area contributed by atoms with Gasteiger partial charge in [-0.15, -0.1) is 0 Å². The van der Waals surface area contributed by atoms with E-state index >= 15 is 0 Å². The van der Waals surface area contributed by atoms with Gasteiger partial charge in [0.05, 0.1) is 17.0 Å². The lowest BCUT2D eigenvalue weighted by Gasteiger charge is -2.29. The van der Waals surface area contributed by atoms with Crippen LogP contribution in [0.5, 0.6) is 0 Å². The van der Waals surface area contributed by atoms with E-state index in [0.29, 0.717) is 18.3 Å². The molecule has 0 saturated heterocycles. The van der Waals surface area contributed by atoms with Gasteiger partial charge in [-0.3, -0.25) is 9.78 Å². The third-order valence-electron chi connectivity index (χ3n) is 6.02. The third kappa shape index (κ3) is 5.54. The SMILES string of the molecule is Cc1cc(-c2cnc(C)nc2C2CCC(CNC(=O)CCc3cccnc3)CC2)on1. The van der Waals surface area contributed by atoms with Crippen LogP contribution in [0.25, 0.3) is 11.3 Å². The average Bonchev–Trinajstić information content (AvgIpc) is 3.23. The van der Waals surface area contributed by atoms with Crippen molar-refractivity contribution >= 4 is 5.91 Å². The number of aromatic nitrogens is 4. The van der Waals surface area contributed by atoms with Gasteiger partial charge in [0.25, 0.3) is 0 Å². The summed E-state index contributed by atoms with van der Waals surface area (Å²) in [4.78, 5) is 25.5. The molecule has 0 aromatic carbocycles. The topological polar surface area (TPSA) is 93.8 Å². The first-order valence-corrected chi connectivity index (χ1v) is 11.0. The normalized spacial score (nSPS) is 18.6. The number of nitrogens with one attached hydrogen (secondary N) is 1. The van der Waals surface area contributed by atoms with Crippen molar-refractivity contribution in [1.29, 1.82) is 0 Å². The first-order valence-electron chi connectivity index (χ1n) is 11.0. The molecule has 3 heterocycles. The van der Waals surface area contributed by atoms with Crippen LogP contribution in [0.3, 0.4) is 0 Å². The molecular formula is C24H29N5O2. The summed E-state index contributed by atoms with van der Waals surface area (Å²) in [5.74, 6) is 2.51.